The molecule has 1 aromatic rings. The van der Waals surface area contributed by atoms with Crippen molar-refractivity contribution in [1.82, 2.24) is 20.1 Å². The number of imide groups is 2. The number of anilines is 1. The summed E-state index contributed by atoms with van der Waals surface area (Å²) in [6.07, 6.45) is -8.17. The molecule has 16 heteroatoms. The summed E-state index contributed by atoms with van der Waals surface area (Å²) >= 11 is 0. The first-order chi connectivity index (χ1) is 20.9. The third-order valence-corrected chi connectivity index (χ3v) is 6.84. The topological polar surface area (TPSA) is 150 Å². The number of rotatable bonds is 4. The predicted octanol–water partition coefficient (Wildman–Crippen LogP) is 5.95. The van der Waals surface area contributed by atoms with Gasteiger partial charge in [-0.2, -0.15) is 13.2 Å². The standard InChI is InChI=1S/C30H44F3N5O8/c1-27(2,3)44-24(40)37-16-19(30(31,32)33)14-18(22(37)39)15-20-21(17-10-12-43-13-11-17)34-23(36-35-20)38(25(41)45-28(4,5)6)26(42)46-29(7,8)9/h17-19H,10-16H2,1-9H3/t18-,19-/m1/s1. The van der Waals surface area contributed by atoms with Crippen LogP contribution in [0.3, 0.4) is 0 Å². The monoisotopic (exact) mass is 659 g/mol. The van der Waals surface area contributed by atoms with Crippen molar-refractivity contribution < 1.29 is 51.3 Å². The highest BCUT2D eigenvalue weighted by molar-refractivity contribution is 6.08. The Balaban J connectivity index is 2.07. The maximum atomic E-state index is 14.0. The second-order valence-electron chi connectivity index (χ2n) is 14.4. The molecular weight excluding hydrogens is 615 g/mol. The summed E-state index contributed by atoms with van der Waals surface area (Å²) in [5.74, 6) is -4.98. The van der Waals surface area contributed by atoms with Gasteiger partial charge in [-0.25, -0.2) is 24.3 Å². The molecule has 0 radical (unpaired) electrons. The van der Waals surface area contributed by atoms with Crippen molar-refractivity contribution >= 4 is 30.1 Å². The van der Waals surface area contributed by atoms with E-state index < -0.39 is 77.9 Å². The molecule has 2 saturated heterocycles. The van der Waals surface area contributed by atoms with Crippen molar-refractivity contribution in [3.05, 3.63) is 11.4 Å². The summed E-state index contributed by atoms with van der Waals surface area (Å²) in [6, 6.07) is 0. The molecule has 2 aliphatic heterocycles. The van der Waals surface area contributed by atoms with Crippen LogP contribution in [0.5, 0.6) is 0 Å². The number of alkyl halides is 3. The van der Waals surface area contributed by atoms with Crippen LogP contribution in [0.15, 0.2) is 0 Å². The second kappa shape index (κ2) is 13.7. The Morgan fingerprint density at radius 3 is 1.87 bits per heavy atom. The highest BCUT2D eigenvalue weighted by atomic mass is 19.4. The molecule has 0 spiro atoms. The van der Waals surface area contributed by atoms with Crippen molar-refractivity contribution in [2.24, 2.45) is 11.8 Å². The third kappa shape index (κ3) is 10.2. The van der Waals surface area contributed by atoms with Gasteiger partial charge in [-0.1, -0.05) is 0 Å². The summed E-state index contributed by atoms with van der Waals surface area (Å²) in [7, 11) is 0. The van der Waals surface area contributed by atoms with E-state index in [2.05, 4.69) is 15.2 Å². The van der Waals surface area contributed by atoms with Gasteiger partial charge in [-0.15, -0.1) is 15.1 Å². The first-order valence-electron chi connectivity index (χ1n) is 15.1. The Kier molecular flexibility index (Phi) is 11.0. The van der Waals surface area contributed by atoms with Crippen LogP contribution < -0.4 is 4.90 Å². The minimum atomic E-state index is -4.70. The molecule has 0 N–H and O–H groups in total. The molecule has 2 aliphatic rings. The van der Waals surface area contributed by atoms with Gasteiger partial charge in [0, 0.05) is 38.0 Å². The number of halogens is 3. The number of aromatic nitrogens is 3. The van der Waals surface area contributed by atoms with Gasteiger partial charge in [-0.3, -0.25) is 4.79 Å². The Morgan fingerprint density at radius 2 is 1.39 bits per heavy atom. The van der Waals surface area contributed by atoms with Crippen molar-refractivity contribution in [3.8, 4) is 0 Å². The average molecular weight is 660 g/mol. The molecule has 0 aromatic carbocycles. The molecule has 0 bridgehead atoms. The molecular formula is C30H44F3N5O8. The van der Waals surface area contributed by atoms with E-state index in [0.29, 0.717) is 35.9 Å². The number of hydrogen-bond donors (Lipinski definition) is 0. The van der Waals surface area contributed by atoms with Crippen LogP contribution in [0.1, 0.15) is 98.9 Å². The van der Waals surface area contributed by atoms with Crippen LogP contribution in [0, 0.1) is 11.8 Å². The molecule has 0 saturated carbocycles. The van der Waals surface area contributed by atoms with Gasteiger partial charge < -0.3 is 18.9 Å². The van der Waals surface area contributed by atoms with E-state index in [0.717, 1.165) is 0 Å². The van der Waals surface area contributed by atoms with E-state index in [1.165, 1.54) is 0 Å². The maximum absolute atomic E-state index is 14.0. The van der Waals surface area contributed by atoms with Gasteiger partial charge in [0.05, 0.1) is 17.3 Å². The lowest BCUT2D eigenvalue weighted by atomic mass is 9.83. The zero-order valence-electron chi connectivity index (χ0n) is 27.8. The lowest BCUT2D eigenvalue weighted by Gasteiger charge is -2.37. The second-order valence-corrected chi connectivity index (χ2v) is 14.4. The zero-order valence-corrected chi connectivity index (χ0v) is 27.8. The Labute approximate surface area is 266 Å². The van der Waals surface area contributed by atoms with Crippen LogP contribution >= 0.6 is 0 Å². The van der Waals surface area contributed by atoms with E-state index >= 15 is 0 Å². The van der Waals surface area contributed by atoms with E-state index in [9.17, 15) is 32.3 Å². The van der Waals surface area contributed by atoms with Crippen LogP contribution in [0.4, 0.5) is 33.5 Å². The quantitative estimate of drug-likeness (QED) is 0.353. The van der Waals surface area contributed by atoms with Gasteiger partial charge in [0.15, 0.2) is 0 Å². The number of carbonyl (C=O) groups is 4. The first kappa shape index (κ1) is 36.9. The first-order valence-corrected chi connectivity index (χ1v) is 15.1. The predicted molar refractivity (Wildman–Crippen MR) is 157 cm³/mol. The SMILES string of the molecule is CC(C)(C)OC(=O)N1C[C@H](C(F)(F)F)C[C@H](Cc2nnc(N(C(=O)OC(C)(C)C)C(=O)OC(C)(C)C)nc2C2CCOCC2)C1=O. The fourth-order valence-electron chi connectivity index (χ4n) is 4.91. The average Bonchev–Trinajstić information content (AvgIpc) is 2.87. The molecule has 1 aromatic heterocycles. The fraction of sp³-hybridized carbons (Fsp3) is 0.767. The molecule has 46 heavy (non-hydrogen) atoms. The van der Waals surface area contributed by atoms with Crippen LogP contribution in [-0.2, 0) is 30.2 Å². The molecule has 13 nitrogen and oxygen atoms in total. The molecule has 0 unspecified atom stereocenters. The minimum Gasteiger partial charge on any atom is -0.443 e. The number of carbonyl (C=O) groups excluding carboxylic acids is 4. The van der Waals surface area contributed by atoms with Gasteiger partial charge in [0.1, 0.15) is 16.8 Å². The van der Waals surface area contributed by atoms with Crippen molar-refractivity contribution in [2.45, 2.75) is 117 Å². The van der Waals surface area contributed by atoms with Crippen molar-refractivity contribution in [2.75, 3.05) is 24.7 Å². The zero-order chi connectivity index (χ0) is 34.8. The van der Waals surface area contributed by atoms with E-state index in [1.807, 2.05) is 0 Å². The Bertz CT molecular complexity index is 1270. The summed E-state index contributed by atoms with van der Waals surface area (Å²) < 4.78 is 63.6. The number of amides is 4. The van der Waals surface area contributed by atoms with E-state index in [-0.39, 0.29) is 23.7 Å². The summed E-state index contributed by atoms with van der Waals surface area (Å²) in [5.41, 5.74) is -2.74. The maximum Gasteiger partial charge on any atom is 0.427 e. The summed E-state index contributed by atoms with van der Waals surface area (Å²) in [6.45, 7) is 14.0. The highest BCUT2D eigenvalue weighted by Crippen LogP contribution is 2.39. The number of ether oxygens (including phenoxy) is 4. The molecule has 258 valence electrons. The van der Waals surface area contributed by atoms with Gasteiger partial charge in [-0.05, 0) is 81.6 Å². The van der Waals surface area contributed by atoms with Crippen LogP contribution in [-0.4, -0.2) is 87.0 Å². The third-order valence-electron chi connectivity index (χ3n) is 6.84. The molecule has 3 heterocycles. The van der Waals surface area contributed by atoms with Crippen molar-refractivity contribution in [1.29, 1.82) is 0 Å². The van der Waals surface area contributed by atoms with Crippen LogP contribution in [0.25, 0.3) is 0 Å². The fourth-order valence-corrected chi connectivity index (χ4v) is 4.91. The largest absolute Gasteiger partial charge is 0.443 e. The van der Waals surface area contributed by atoms with Crippen molar-refractivity contribution in [3.63, 3.8) is 0 Å². The normalized spacial score (nSPS) is 20.3. The minimum absolute atomic E-state index is 0.0919. The lowest BCUT2D eigenvalue weighted by Crippen LogP contribution is -2.53. The van der Waals surface area contributed by atoms with Crippen LogP contribution in [0.2, 0.25) is 0 Å². The number of piperidine rings is 1. The molecule has 0 aliphatic carbocycles. The molecule has 3 rings (SSSR count). The van der Waals surface area contributed by atoms with Gasteiger partial charge in [0.25, 0.3) is 5.95 Å². The number of nitrogens with zero attached hydrogens (tertiary/aromatic N) is 5. The Hall–Kier alpha value is -3.56. The van der Waals surface area contributed by atoms with Gasteiger partial charge in [0.2, 0.25) is 5.91 Å². The lowest BCUT2D eigenvalue weighted by molar-refractivity contribution is -0.192. The van der Waals surface area contributed by atoms with E-state index in [4.69, 9.17) is 18.9 Å². The molecule has 4 amide bonds. The Morgan fingerprint density at radius 1 is 0.870 bits per heavy atom. The summed E-state index contributed by atoms with van der Waals surface area (Å²) in [5, 5.41) is 8.19. The number of likely N-dealkylation sites (tertiary alicyclic amines) is 1. The molecule has 2 atom stereocenters. The van der Waals surface area contributed by atoms with E-state index in [1.54, 1.807) is 62.3 Å². The molecule has 2 fully saturated rings. The number of hydrogen-bond acceptors (Lipinski definition) is 11. The summed E-state index contributed by atoms with van der Waals surface area (Å²) in [4.78, 5) is 58.3. The smallest absolute Gasteiger partial charge is 0.427 e. The highest BCUT2D eigenvalue weighted by Gasteiger charge is 2.50. The van der Waals surface area contributed by atoms with Gasteiger partial charge >= 0.3 is 24.5 Å².